The van der Waals surface area contributed by atoms with Crippen molar-refractivity contribution < 1.29 is 24.0 Å². The van der Waals surface area contributed by atoms with Crippen LogP contribution >= 0.6 is 0 Å². The highest BCUT2D eigenvalue weighted by atomic mass is 16.6. The van der Waals surface area contributed by atoms with E-state index in [4.69, 9.17) is 9.47 Å². The summed E-state index contributed by atoms with van der Waals surface area (Å²) in [6.45, 7) is 0.611. The standard InChI is InChI=1S/C24H21N3O6/c1-32-21-13-18(20(27(30)31)14-22(21)33-2)23(28)25-17-9-7-16(8-10-17)24(29)26-12-11-15-5-3-4-6-19(15)26/h3-10,13-14H,11-12H2,1-2H3,(H,25,28). The van der Waals surface area contributed by atoms with E-state index in [2.05, 4.69) is 5.32 Å². The molecule has 1 heterocycles. The van der Waals surface area contributed by atoms with Crippen LogP contribution in [0.2, 0.25) is 0 Å². The fourth-order valence-corrected chi connectivity index (χ4v) is 3.80. The average Bonchev–Trinajstić information content (AvgIpc) is 3.27. The molecule has 0 unspecified atom stereocenters. The number of para-hydroxylation sites is 1. The van der Waals surface area contributed by atoms with Crippen LogP contribution in [0.1, 0.15) is 26.3 Å². The lowest BCUT2D eigenvalue weighted by Gasteiger charge is -2.17. The molecule has 9 heteroatoms. The molecule has 0 aliphatic carbocycles. The minimum Gasteiger partial charge on any atom is -0.493 e. The molecule has 0 saturated heterocycles. The number of benzene rings is 3. The minimum atomic E-state index is -0.685. The fraction of sp³-hybridized carbons (Fsp3) is 0.167. The zero-order valence-electron chi connectivity index (χ0n) is 18.0. The number of nitro groups is 1. The predicted octanol–water partition coefficient (Wildman–Crippen LogP) is 4.07. The zero-order chi connectivity index (χ0) is 23.5. The normalized spacial score (nSPS) is 12.1. The molecule has 0 saturated carbocycles. The molecule has 0 bridgehead atoms. The molecule has 0 atom stereocenters. The topological polar surface area (TPSA) is 111 Å². The summed E-state index contributed by atoms with van der Waals surface area (Å²) < 4.78 is 10.2. The van der Waals surface area contributed by atoms with E-state index in [0.29, 0.717) is 17.8 Å². The van der Waals surface area contributed by atoms with Crippen molar-refractivity contribution in [1.82, 2.24) is 0 Å². The van der Waals surface area contributed by atoms with Crippen molar-refractivity contribution in [2.75, 3.05) is 31.0 Å². The van der Waals surface area contributed by atoms with E-state index in [1.165, 1.54) is 20.3 Å². The Morgan fingerprint density at radius 3 is 2.33 bits per heavy atom. The number of fused-ring (bicyclic) bond motifs is 1. The lowest BCUT2D eigenvalue weighted by molar-refractivity contribution is -0.385. The fourth-order valence-electron chi connectivity index (χ4n) is 3.80. The summed E-state index contributed by atoms with van der Waals surface area (Å²) in [4.78, 5) is 38.3. The maximum Gasteiger partial charge on any atom is 0.286 e. The van der Waals surface area contributed by atoms with E-state index in [1.807, 2.05) is 24.3 Å². The second-order valence-electron chi connectivity index (χ2n) is 7.35. The van der Waals surface area contributed by atoms with Gasteiger partial charge in [-0.25, -0.2) is 0 Å². The Bertz CT molecular complexity index is 1240. The molecule has 3 aromatic rings. The highest BCUT2D eigenvalue weighted by Crippen LogP contribution is 2.35. The van der Waals surface area contributed by atoms with Gasteiger partial charge in [-0.15, -0.1) is 0 Å². The van der Waals surface area contributed by atoms with Crippen LogP contribution in [0.5, 0.6) is 11.5 Å². The molecule has 0 spiro atoms. The van der Waals surface area contributed by atoms with Gasteiger partial charge in [0.1, 0.15) is 5.56 Å². The molecule has 0 fully saturated rings. The minimum absolute atomic E-state index is 0.131. The molecular formula is C24H21N3O6. The Balaban J connectivity index is 1.54. The Morgan fingerprint density at radius 1 is 1.00 bits per heavy atom. The van der Waals surface area contributed by atoms with Gasteiger partial charge in [0.15, 0.2) is 11.5 Å². The van der Waals surface area contributed by atoms with Gasteiger partial charge in [0.05, 0.1) is 25.2 Å². The number of rotatable bonds is 6. The second-order valence-corrected chi connectivity index (χ2v) is 7.35. The van der Waals surface area contributed by atoms with Gasteiger partial charge in [-0.1, -0.05) is 18.2 Å². The number of hydrogen-bond acceptors (Lipinski definition) is 6. The van der Waals surface area contributed by atoms with Crippen molar-refractivity contribution in [2.45, 2.75) is 6.42 Å². The Labute approximate surface area is 189 Å². The number of carbonyl (C=O) groups excluding carboxylic acids is 2. The van der Waals surface area contributed by atoms with Gasteiger partial charge in [0.25, 0.3) is 17.5 Å². The van der Waals surface area contributed by atoms with Crippen LogP contribution in [0.3, 0.4) is 0 Å². The lowest BCUT2D eigenvalue weighted by Crippen LogP contribution is -2.28. The number of amides is 2. The largest absolute Gasteiger partial charge is 0.493 e. The summed E-state index contributed by atoms with van der Waals surface area (Å²) >= 11 is 0. The van der Waals surface area contributed by atoms with Gasteiger partial charge in [-0.2, -0.15) is 0 Å². The van der Waals surface area contributed by atoms with Crippen molar-refractivity contribution in [3.63, 3.8) is 0 Å². The number of ether oxygens (including phenoxy) is 2. The molecule has 33 heavy (non-hydrogen) atoms. The van der Waals surface area contributed by atoms with Gasteiger partial charge < -0.3 is 19.7 Å². The maximum absolute atomic E-state index is 13.0. The third kappa shape index (κ3) is 4.20. The number of methoxy groups -OCH3 is 2. The maximum atomic E-state index is 13.0. The number of nitrogens with one attached hydrogen (secondary N) is 1. The van der Waals surface area contributed by atoms with Crippen LogP contribution in [0.25, 0.3) is 0 Å². The van der Waals surface area contributed by atoms with Crippen molar-refractivity contribution >= 4 is 28.9 Å². The number of hydrogen-bond donors (Lipinski definition) is 1. The van der Waals surface area contributed by atoms with Crippen molar-refractivity contribution in [1.29, 1.82) is 0 Å². The van der Waals surface area contributed by atoms with Crippen LogP contribution < -0.4 is 19.7 Å². The van der Waals surface area contributed by atoms with Crippen LogP contribution in [-0.2, 0) is 6.42 Å². The second kappa shape index (κ2) is 8.99. The summed E-state index contributed by atoms with van der Waals surface area (Å²) in [6.07, 6.45) is 0.806. The zero-order valence-corrected chi connectivity index (χ0v) is 18.0. The molecule has 2 amide bonds. The van der Waals surface area contributed by atoms with Crippen LogP contribution in [0.4, 0.5) is 17.1 Å². The summed E-state index contributed by atoms with van der Waals surface area (Å²) in [5.74, 6) is -0.476. The molecule has 9 nitrogen and oxygen atoms in total. The number of nitrogens with zero attached hydrogens (tertiary/aromatic N) is 2. The van der Waals surface area contributed by atoms with E-state index >= 15 is 0 Å². The third-order valence-electron chi connectivity index (χ3n) is 5.47. The Kier molecular flexibility index (Phi) is 5.95. The molecule has 1 aliphatic rings. The summed E-state index contributed by atoms with van der Waals surface area (Å²) in [5.41, 5.74) is 2.31. The first-order chi connectivity index (χ1) is 15.9. The van der Waals surface area contributed by atoms with Crippen molar-refractivity contribution in [2.24, 2.45) is 0 Å². The van der Waals surface area contributed by atoms with Gasteiger partial charge in [-0.3, -0.25) is 19.7 Å². The van der Waals surface area contributed by atoms with Crippen LogP contribution in [0.15, 0.2) is 60.7 Å². The molecular weight excluding hydrogens is 426 g/mol. The molecule has 168 valence electrons. The first-order valence-electron chi connectivity index (χ1n) is 10.1. The smallest absolute Gasteiger partial charge is 0.286 e. The van der Waals surface area contributed by atoms with Crippen molar-refractivity contribution in [3.8, 4) is 11.5 Å². The third-order valence-corrected chi connectivity index (χ3v) is 5.47. The molecule has 0 radical (unpaired) electrons. The Hall–Kier alpha value is -4.40. The summed E-state index contributed by atoms with van der Waals surface area (Å²) in [5, 5.41) is 14.1. The van der Waals surface area contributed by atoms with Crippen LogP contribution in [-0.4, -0.2) is 37.5 Å². The van der Waals surface area contributed by atoms with Crippen LogP contribution in [0, 0.1) is 10.1 Å². The quantitative estimate of drug-likeness (QED) is 0.451. The highest BCUT2D eigenvalue weighted by Gasteiger charge is 2.26. The van der Waals surface area contributed by atoms with Gasteiger partial charge in [0, 0.05) is 29.5 Å². The summed E-state index contributed by atoms with van der Waals surface area (Å²) in [7, 11) is 2.73. The first-order valence-corrected chi connectivity index (χ1v) is 10.1. The highest BCUT2D eigenvalue weighted by molar-refractivity contribution is 6.09. The monoisotopic (exact) mass is 447 g/mol. The molecule has 1 N–H and O–H groups in total. The molecule has 3 aromatic carbocycles. The SMILES string of the molecule is COc1cc(C(=O)Nc2ccc(C(=O)N3CCc4ccccc43)cc2)c([N+](=O)[O-])cc1OC. The van der Waals surface area contributed by atoms with E-state index in [0.717, 1.165) is 23.7 Å². The molecule has 1 aliphatic heterocycles. The lowest BCUT2D eigenvalue weighted by atomic mass is 10.1. The number of carbonyl (C=O) groups is 2. The summed E-state index contributed by atoms with van der Waals surface area (Å²) in [6, 6.07) is 16.6. The molecule has 0 aromatic heterocycles. The number of nitro benzene ring substituents is 1. The van der Waals surface area contributed by atoms with E-state index in [9.17, 15) is 19.7 Å². The van der Waals surface area contributed by atoms with E-state index in [1.54, 1.807) is 29.2 Å². The first kappa shape index (κ1) is 21.8. The predicted molar refractivity (Wildman–Crippen MR) is 122 cm³/mol. The van der Waals surface area contributed by atoms with Crippen molar-refractivity contribution in [3.05, 3.63) is 87.5 Å². The average molecular weight is 447 g/mol. The van der Waals surface area contributed by atoms with Gasteiger partial charge >= 0.3 is 0 Å². The van der Waals surface area contributed by atoms with Gasteiger partial charge in [0.2, 0.25) is 0 Å². The van der Waals surface area contributed by atoms with Gasteiger partial charge in [-0.05, 0) is 42.3 Å². The van der Waals surface area contributed by atoms with E-state index in [-0.39, 0.29) is 23.0 Å². The van der Waals surface area contributed by atoms with E-state index < -0.39 is 16.5 Å². The number of anilines is 2. The Morgan fingerprint density at radius 2 is 1.67 bits per heavy atom. The molecule has 4 rings (SSSR count).